The lowest BCUT2D eigenvalue weighted by atomic mass is 10.1. The van der Waals surface area contributed by atoms with Gasteiger partial charge in [0.25, 0.3) is 0 Å². The van der Waals surface area contributed by atoms with Gasteiger partial charge in [0.2, 0.25) is 5.91 Å². The summed E-state index contributed by atoms with van der Waals surface area (Å²) in [5.41, 5.74) is 1.99. The summed E-state index contributed by atoms with van der Waals surface area (Å²) in [4.78, 5) is 16.4. The van der Waals surface area contributed by atoms with Crippen molar-refractivity contribution >= 4 is 33.2 Å². The maximum atomic E-state index is 12.3. The highest BCUT2D eigenvalue weighted by atomic mass is 32.1. The molecule has 0 aliphatic heterocycles. The van der Waals surface area contributed by atoms with Crippen molar-refractivity contribution in [3.8, 4) is 0 Å². The third kappa shape index (κ3) is 2.40. The molecule has 2 heterocycles. The lowest BCUT2D eigenvalue weighted by molar-refractivity contribution is -0.117. The number of hydrogen-bond donors (Lipinski definition) is 1. The molecule has 4 rings (SSSR count). The number of carbonyl (C=O) groups excluding carboxylic acids is 1. The number of anilines is 1. The smallest absolute Gasteiger partial charge is 0.228 e. The number of aromatic nitrogens is 2. The van der Waals surface area contributed by atoms with Crippen LogP contribution in [-0.4, -0.2) is 15.3 Å². The summed E-state index contributed by atoms with van der Waals surface area (Å²) in [5.74, 6) is 0.463. The summed E-state index contributed by atoms with van der Waals surface area (Å²) >= 11 is 1.44. The van der Waals surface area contributed by atoms with Gasteiger partial charge in [-0.25, -0.2) is 0 Å². The maximum absolute atomic E-state index is 12.3. The Labute approximate surface area is 126 Å². The van der Waals surface area contributed by atoms with E-state index >= 15 is 0 Å². The van der Waals surface area contributed by atoms with Crippen LogP contribution >= 0.6 is 11.5 Å². The first-order valence-corrected chi connectivity index (χ1v) is 7.64. The topological polar surface area (TPSA) is 54.9 Å². The Balaban J connectivity index is 1.47. The Kier molecular flexibility index (Phi) is 2.93. The van der Waals surface area contributed by atoms with Gasteiger partial charge < -0.3 is 5.32 Å². The Morgan fingerprint density at radius 3 is 3.10 bits per heavy atom. The van der Waals surface area contributed by atoms with Crippen LogP contribution in [-0.2, 0) is 4.79 Å². The molecule has 1 amide bonds. The first kappa shape index (κ1) is 12.5. The van der Waals surface area contributed by atoms with Crippen molar-refractivity contribution < 1.29 is 4.79 Å². The highest BCUT2D eigenvalue weighted by Gasteiger charge is 2.44. The monoisotopic (exact) mass is 295 g/mol. The molecule has 1 aromatic carbocycles. The van der Waals surface area contributed by atoms with E-state index in [1.54, 1.807) is 6.20 Å². The van der Waals surface area contributed by atoms with Crippen molar-refractivity contribution in [2.45, 2.75) is 12.3 Å². The minimum atomic E-state index is 0.0614. The van der Waals surface area contributed by atoms with Crippen molar-refractivity contribution in [2.24, 2.45) is 5.92 Å². The molecule has 1 saturated carbocycles. The SMILES string of the molecule is O=C(Nc1ccc2cnsc2c1)[C@@H]1CC1c1cccnc1. The molecular weight excluding hydrogens is 282 g/mol. The lowest BCUT2D eigenvalue weighted by Gasteiger charge is -2.05. The summed E-state index contributed by atoms with van der Waals surface area (Å²) in [6, 6.07) is 9.84. The van der Waals surface area contributed by atoms with Gasteiger partial charge in [-0.1, -0.05) is 6.07 Å². The Morgan fingerprint density at radius 1 is 1.29 bits per heavy atom. The average molecular weight is 295 g/mol. The van der Waals surface area contributed by atoms with Crippen molar-refractivity contribution in [3.05, 3.63) is 54.5 Å². The van der Waals surface area contributed by atoms with E-state index in [2.05, 4.69) is 14.7 Å². The first-order chi connectivity index (χ1) is 10.3. The van der Waals surface area contributed by atoms with Gasteiger partial charge in [-0.3, -0.25) is 9.78 Å². The Morgan fingerprint density at radius 2 is 2.24 bits per heavy atom. The van der Waals surface area contributed by atoms with Crippen molar-refractivity contribution in [1.29, 1.82) is 0 Å². The third-order valence-electron chi connectivity index (χ3n) is 3.86. The number of nitrogens with one attached hydrogen (secondary N) is 1. The molecule has 2 atom stereocenters. The predicted octanol–water partition coefficient (Wildman–Crippen LogP) is 3.43. The van der Waals surface area contributed by atoms with Crippen molar-refractivity contribution in [1.82, 2.24) is 9.36 Å². The minimum absolute atomic E-state index is 0.0614. The fourth-order valence-corrected chi connectivity index (χ4v) is 3.31. The molecule has 1 N–H and O–H groups in total. The second-order valence-electron chi connectivity index (χ2n) is 5.30. The third-order valence-corrected chi connectivity index (χ3v) is 4.62. The number of hydrogen-bond acceptors (Lipinski definition) is 4. The summed E-state index contributed by atoms with van der Waals surface area (Å²) < 4.78 is 5.23. The molecule has 4 nitrogen and oxygen atoms in total. The van der Waals surface area contributed by atoms with Gasteiger partial charge in [0.1, 0.15) is 0 Å². The number of carbonyl (C=O) groups is 1. The molecule has 0 saturated heterocycles. The number of nitrogens with zero attached hydrogens (tertiary/aromatic N) is 2. The van der Waals surface area contributed by atoms with Gasteiger partial charge >= 0.3 is 0 Å². The van der Waals surface area contributed by atoms with E-state index in [1.165, 1.54) is 11.5 Å². The Hall–Kier alpha value is -2.27. The predicted molar refractivity (Wildman–Crippen MR) is 83.3 cm³/mol. The molecule has 0 spiro atoms. The number of rotatable bonds is 3. The van der Waals surface area contributed by atoms with Crippen molar-refractivity contribution in [2.75, 3.05) is 5.32 Å². The highest BCUT2D eigenvalue weighted by molar-refractivity contribution is 7.13. The Bertz CT molecular complexity index is 799. The quantitative estimate of drug-likeness (QED) is 0.805. The van der Waals surface area contributed by atoms with E-state index in [0.717, 1.165) is 27.8 Å². The highest BCUT2D eigenvalue weighted by Crippen LogP contribution is 2.47. The van der Waals surface area contributed by atoms with Crippen LogP contribution < -0.4 is 5.32 Å². The van der Waals surface area contributed by atoms with E-state index in [0.29, 0.717) is 5.92 Å². The average Bonchev–Trinajstić information content (AvgIpc) is 3.19. The number of pyridine rings is 1. The largest absolute Gasteiger partial charge is 0.326 e. The van der Waals surface area contributed by atoms with Gasteiger partial charge in [-0.05, 0) is 53.7 Å². The van der Waals surface area contributed by atoms with Crippen molar-refractivity contribution in [3.63, 3.8) is 0 Å². The van der Waals surface area contributed by atoms with E-state index < -0.39 is 0 Å². The summed E-state index contributed by atoms with van der Waals surface area (Å²) in [6.07, 6.45) is 6.35. The fourth-order valence-electron chi connectivity index (χ4n) is 2.62. The molecular formula is C16H13N3OS. The van der Waals surface area contributed by atoms with Crippen LogP contribution in [0.25, 0.3) is 10.1 Å². The number of benzene rings is 1. The molecule has 5 heteroatoms. The van der Waals surface area contributed by atoms with Gasteiger partial charge in [0.05, 0.1) is 4.70 Å². The van der Waals surface area contributed by atoms with Gasteiger partial charge in [0.15, 0.2) is 0 Å². The molecule has 21 heavy (non-hydrogen) atoms. The van der Waals surface area contributed by atoms with Gasteiger partial charge in [-0.15, -0.1) is 0 Å². The van der Waals surface area contributed by atoms with Crippen LogP contribution in [0.2, 0.25) is 0 Å². The summed E-state index contributed by atoms with van der Waals surface area (Å²) in [7, 11) is 0. The van der Waals surface area contributed by atoms with E-state index in [4.69, 9.17) is 0 Å². The van der Waals surface area contributed by atoms with Crippen LogP contribution in [0.15, 0.2) is 48.9 Å². The molecule has 104 valence electrons. The molecule has 0 bridgehead atoms. The van der Waals surface area contributed by atoms with Crippen LogP contribution in [0, 0.1) is 5.92 Å². The maximum Gasteiger partial charge on any atom is 0.228 e. The number of fused-ring (bicyclic) bond motifs is 1. The molecule has 2 aromatic heterocycles. The molecule has 0 radical (unpaired) electrons. The van der Waals surface area contributed by atoms with Crippen LogP contribution in [0.3, 0.4) is 0 Å². The molecule has 1 unspecified atom stereocenters. The van der Waals surface area contributed by atoms with Crippen LogP contribution in [0.1, 0.15) is 17.9 Å². The van der Waals surface area contributed by atoms with Crippen LogP contribution in [0.4, 0.5) is 5.69 Å². The first-order valence-electron chi connectivity index (χ1n) is 6.86. The molecule has 1 fully saturated rings. The van der Waals surface area contributed by atoms with Gasteiger partial charge in [-0.2, -0.15) is 4.37 Å². The second-order valence-corrected chi connectivity index (χ2v) is 6.14. The summed E-state index contributed by atoms with van der Waals surface area (Å²) in [5, 5.41) is 4.11. The van der Waals surface area contributed by atoms with E-state index in [-0.39, 0.29) is 11.8 Å². The lowest BCUT2D eigenvalue weighted by Crippen LogP contribution is -2.14. The van der Waals surface area contributed by atoms with E-state index in [1.807, 2.05) is 42.7 Å². The minimum Gasteiger partial charge on any atom is -0.326 e. The summed E-state index contributed by atoms with van der Waals surface area (Å²) in [6.45, 7) is 0. The molecule has 1 aliphatic rings. The number of amides is 1. The second kappa shape index (κ2) is 4.93. The standard InChI is InChI=1S/C16H13N3OS/c20-16(14-7-13(14)10-2-1-5-17-8-10)19-12-4-3-11-9-18-21-15(11)6-12/h1-6,8-9,13-14H,7H2,(H,19,20)/t13?,14-/m1/s1. The zero-order valence-electron chi connectivity index (χ0n) is 11.2. The fraction of sp³-hybridized carbons (Fsp3) is 0.188. The zero-order chi connectivity index (χ0) is 14.2. The molecule has 3 aromatic rings. The molecule has 1 aliphatic carbocycles. The van der Waals surface area contributed by atoms with Gasteiger partial charge in [0, 0.05) is 35.6 Å². The van der Waals surface area contributed by atoms with Crippen LogP contribution in [0.5, 0.6) is 0 Å². The van der Waals surface area contributed by atoms with E-state index in [9.17, 15) is 4.79 Å². The zero-order valence-corrected chi connectivity index (χ0v) is 12.0. The normalized spacial score (nSPS) is 20.4.